The van der Waals surface area contributed by atoms with E-state index in [9.17, 15) is 18.8 Å². The van der Waals surface area contributed by atoms with Crippen molar-refractivity contribution < 1.29 is 18.8 Å². The largest absolute Gasteiger partial charge is 0.326 e. The van der Waals surface area contributed by atoms with Crippen molar-refractivity contribution in [3.8, 4) is 0 Å². The highest BCUT2D eigenvalue weighted by atomic mass is 19.1. The third-order valence-electron chi connectivity index (χ3n) is 5.34. The number of anilines is 3. The van der Waals surface area contributed by atoms with Gasteiger partial charge in [0, 0.05) is 35.6 Å². The van der Waals surface area contributed by atoms with E-state index in [1.165, 1.54) is 29.2 Å². The number of aryl methyl sites for hydroxylation is 1. The summed E-state index contributed by atoms with van der Waals surface area (Å²) in [6.45, 7) is 2.17. The minimum atomic E-state index is -0.544. The van der Waals surface area contributed by atoms with Gasteiger partial charge in [0.05, 0.1) is 5.92 Å². The molecule has 2 N–H and O–H groups in total. The molecule has 4 rings (SSSR count). The van der Waals surface area contributed by atoms with Gasteiger partial charge in [-0.3, -0.25) is 14.4 Å². The van der Waals surface area contributed by atoms with Crippen molar-refractivity contribution in [3.63, 3.8) is 0 Å². The summed E-state index contributed by atoms with van der Waals surface area (Å²) in [5.41, 5.74) is 3.21. The Bertz CT molecular complexity index is 1160. The summed E-state index contributed by atoms with van der Waals surface area (Å²) < 4.78 is 13.1. The molecule has 3 aromatic rings. The molecule has 1 aliphatic heterocycles. The molecule has 32 heavy (non-hydrogen) atoms. The standard InChI is InChI=1S/C25H22FN3O3/c1-16-5-9-20(10-6-16)27-24(31)17-3-2-4-22(13-17)29-15-18(14-23(29)30)25(32)28-21-11-7-19(26)8-12-21/h2-13,18H,14-15H2,1H3,(H,27,31)(H,28,32). The average Bonchev–Trinajstić information content (AvgIpc) is 3.19. The molecule has 162 valence electrons. The van der Waals surface area contributed by atoms with E-state index in [1.807, 2.05) is 31.2 Å². The molecule has 0 saturated carbocycles. The minimum Gasteiger partial charge on any atom is -0.326 e. The quantitative estimate of drug-likeness (QED) is 0.629. The van der Waals surface area contributed by atoms with Crippen molar-refractivity contribution in [1.82, 2.24) is 0 Å². The number of nitrogens with zero attached hydrogens (tertiary/aromatic N) is 1. The van der Waals surface area contributed by atoms with Crippen molar-refractivity contribution in [1.29, 1.82) is 0 Å². The summed E-state index contributed by atoms with van der Waals surface area (Å²) in [5, 5.41) is 5.56. The first kappa shape index (κ1) is 21.2. The lowest BCUT2D eigenvalue weighted by Crippen LogP contribution is -2.28. The fraction of sp³-hybridized carbons (Fsp3) is 0.160. The summed E-state index contributed by atoms with van der Waals surface area (Å²) in [7, 11) is 0. The maximum Gasteiger partial charge on any atom is 0.255 e. The average molecular weight is 431 g/mol. The van der Waals surface area contributed by atoms with Crippen molar-refractivity contribution in [2.75, 3.05) is 22.1 Å². The molecule has 1 fully saturated rings. The lowest BCUT2D eigenvalue weighted by atomic mass is 10.1. The Kier molecular flexibility index (Phi) is 5.98. The smallest absolute Gasteiger partial charge is 0.255 e. The molecule has 0 aliphatic carbocycles. The zero-order chi connectivity index (χ0) is 22.7. The van der Waals surface area contributed by atoms with Gasteiger partial charge in [-0.25, -0.2) is 4.39 Å². The van der Waals surface area contributed by atoms with Gasteiger partial charge in [0.2, 0.25) is 11.8 Å². The number of hydrogen-bond acceptors (Lipinski definition) is 3. The number of nitrogens with one attached hydrogen (secondary N) is 2. The van der Waals surface area contributed by atoms with Crippen LogP contribution in [0.3, 0.4) is 0 Å². The Balaban J connectivity index is 1.43. The fourth-order valence-electron chi connectivity index (χ4n) is 3.57. The van der Waals surface area contributed by atoms with Gasteiger partial charge < -0.3 is 15.5 Å². The van der Waals surface area contributed by atoms with Crippen LogP contribution in [-0.4, -0.2) is 24.3 Å². The van der Waals surface area contributed by atoms with Gasteiger partial charge in [-0.15, -0.1) is 0 Å². The van der Waals surface area contributed by atoms with Crippen LogP contribution in [-0.2, 0) is 9.59 Å². The molecule has 1 heterocycles. The van der Waals surface area contributed by atoms with Gasteiger partial charge in [0.1, 0.15) is 5.82 Å². The number of halogens is 1. The lowest BCUT2D eigenvalue weighted by Gasteiger charge is -2.18. The fourth-order valence-corrected chi connectivity index (χ4v) is 3.57. The van der Waals surface area contributed by atoms with Crippen LogP contribution in [0.2, 0.25) is 0 Å². The molecule has 0 radical (unpaired) electrons. The zero-order valence-corrected chi connectivity index (χ0v) is 17.5. The molecular weight excluding hydrogens is 409 g/mol. The molecule has 1 saturated heterocycles. The monoisotopic (exact) mass is 431 g/mol. The van der Waals surface area contributed by atoms with Crippen LogP contribution < -0.4 is 15.5 Å². The van der Waals surface area contributed by atoms with Gasteiger partial charge in [0.15, 0.2) is 0 Å². The second-order valence-corrected chi connectivity index (χ2v) is 7.77. The van der Waals surface area contributed by atoms with Crippen LogP contribution in [0.5, 0.6) is 0 Å². The van der Waals surface area contributed by atoms with E-state index in [4.69, 9.17) is 0 Å². The third-order valence-corrected chi connectivity index (χ3v) is 5.34. The molecule has 3 aromatic carbocycles. The van der Waals surface area contributed by atoms with E-state index >= 15 is 0 Å². The number of carbonyl (C=O) groups excluding carboxylic acids is 3. The van der Waals surface area contributed by atoms with E-state index in [-0.39, 0.29) is 30.7 Å². The second-order valence-electron chi connectivity index (χ2n) is 7.77. The topological polar surface area (TPSA) is 78.5 Å². The number of carbonyl (C=O) groups is 3. The molecule has 1 aliphatic rings. The molecule has 1 unspecified atom stereocenters. The Morgan fingerprint density at radius 1 is 0.938 bits per heavy atom. The van der Waals surface area contributed by atoms with Gasteiger partial charge >= 0.3 is 0 Å². The van der Waals surface area contributed by atoms with Gasteiger partial charge in [0.25, 0.3) is 5.91 Å². The number of rotatable bonds is 5. The first-order chi connectivity index (χ1) is 15.4. The summed E-state index contributed by atoms with van der Waals surface area (Å²) in [4.78, 5) is 39.3. The summed E-state index contributed by atoms with van der Waals surface area (Å²) >= 11 is 0. The highest BCUT2D eigenvalue weighted by Gasteiger charge is 2.35. The molecule has 1 atom stereocenters. The highest BCUT2D eigenvalue weighted by molar-refractivity contribution is 6.07. The molecule has 6 nitrogen and oxygen atoms in total. The molecule has 3 amide bonds. The van der Waals surface area contributed by atoms with Gasteiger partial charge in [-0.05, 0) is 61.5 Å². The Hall–Kier alpha value is -4.00. The SMILES string of the molecule is Cc1ccc(NC(=O)c2cccc(N3CC(C(=O)Nc4ccc(F)cc4)CC3=O)c2)cc1. The summed E-state index contributed by atoms with van der Waals surface area (Å²) in [6.07, 6.45) is 0.0623. The maximum atomic E-state index is 13.1. The van der Waals surface area contributed by atoms with Crippen molar-refractivity contribution in [3.05, 3.63) is 89.7 Å². The molecule has 0 bridgehead atoms. The van der Waals surface area contributed by atoms with Crippen LogP contribution >= 0.6 is 0 Å². The normalized spacial score (nSPS) is 15.5. The highest BCUT2D eigenvalue weighted by Crippen LogP contribution is 2.27. The second kappa shape index (κ2) is 9.01. The van der Waals surface area contributed by atoms with Crippen molar-refractivity contribution >= 4 is 34.8 Å². The summed E-state index contributed by atoms with van der Waals surface area (Å²) in [5.74, 6) is -1.72. The molecule has 7 heteroatoms. The van der Waals surface area contributed by atoms with Crippen LogP contribution in [0.25, 0.3) is 0 Å². The molecular formula is C25H22FN3O3. The minimum absolute atomic E-state index is 0.0623. The van der Waals surface area contributed by atoms with Crippen LogP contribution in [0, 0.1) is 18.7 Å². The third kappa shape index (κ3) is 4.83. The lowest BCUT2D eigenvalue weighted by molar-refractivity contribution is -0.122. The Morgan fingerprint density at radius 3 is 2.31 bits per heavy atom. The zero-order valence-electron chi connectivity index (χ0n) is 17.5. The number of amides is 3. The number of benzene rings is 3. The number of hydrogen-bond donors (Lipinski definition) is 2. The summed E-state index contributed by atoms with van der Waals surface area (Å²) in [6, 6.07) is 19.7. The van der Waals surface area contributed by atoms with Crippen LogP contribution in [0.1, 0.15) is 22.3 Å². The molecule has 0 aromatic heterocycles. The van der Waals surface area contributed by atoms with E-state index in [0.717, 1.165) is 5.56 Å². The van der Waals surface area contributed by atoms with Gasteiger partial charge in [-0.1, -0.05) is 23.8 Å². The van der Waals surface area contributed by atoms with E-state index in [0.29, 0.717) is 22.6 Å². The first-order valence-corrected chi connectivity index (χ1v) is 10.2. The van der Waals surface area contributed by atoms with E-state index in [2.05, 4.69) is 10.6 Å². The predicted octanol–water partition coefficient (Wildman–Crippen LogP) is 4.38. The maximum absolute atomic E-state index is 13.1. The van der Waals surface area contributed by atoms with Crippen molar-refractivity contribution in [2.24, 2.45) is 5.92 Å². The molecule has 0 spiro atoms. The van der Waals surface area contributed by atoms with E-state index < -0.39 is 11.7 Å². The predicted molar refractivity (Wildman–Crippen MR) is 121 cm³/mol. The van der Waals surface area contributed by atoms with Crippen molar-refractivity contribution in [2.45, 2.75) is 13.3 Å². The Labute approximate surface area is 185 Å². The Morgan fingerprint density at radius 2 is 1.59 bits per heavy atom. The van der Waals surface area contributed by atoms with Crippen LogP contribution in [0.15, 0.2) is 72.8 Å². The van der Waals surface area contributed by atoms with Gasteiger partial charge in [-0.2, -0.15) is 0 Å². The van der Waals surface area contributed by atoms with E-state index in [1.54, 1.807) is 24.3 Å². The van der Waals surface area contributed by atoms with Crippen LogP contribution in [0.4, 0.5) is 21.5 Å². The first-order valence-electron chi connectivity index (χ1n) is 10.2.